The second-order valence-corrected chi connectivity index (χ2v) is 3.93. The summed E-state index contributed by atoms with van der Waals surface area (Å²) in [6.07, 6.45) is 14.7. The summed E-state index contributed by atoms with van der Waals surface area (Å²) in [6, 6.07) is 0. The summed E-state index contributed by atoms with van der Waals surface area (Å²) >= 11 is 5.87. The quantitative estimate of drug-likeness (QED) is 0.381. The summed E-state index contributed by atoms with van der Waals surface area (Å²) in [5.74, 6) is 3.25. The van der Waals surface area contributed by atoms with Crippen LogP contribution in [0.25, 0.3) is 0 Å². The maximum Gasteiger partial charge on any atom is 0.0748 e. The summed E-state index contributed by atoms with van der Waals surface area (Å²) < 4.78 is 1.68. The zero-order valence-electron chi connectivity index (χ0n) is 7.88. The van der Waals surface area contributed by atoms with Crippen LogP contribution in [0.4, 0.5) is 0 Å². The molecule has 0 amide bonds. The monoisotopic (exact) mass is 197 g/mol. The summed E-state index contributed by atoms with van der Waals surface area (Å²) in [7, 11) is 0. The minimum atomic E-state index is 0.540. The maximum absolute atomic E-state index is 5.87. The third-order valence-electron chi connectivity index (χ3n) is 2.36. The molecule has 1 atom stereocenters. The van der Waals surface area contributed by atoms with Gasteiger partial charge in [-0.15, -0.1) is 6.42 Å². The highest BCUT2D eigenvalue weighted by molar-refractivity contribution is 6.13. The van der Waals surface area contributed by atoms with Crippen LogP contribution < -0.4 is 0 Å². The molecule has 0 aromatic rings. The van der Waals surface area contributed by atoms with Crippen LogP contribution in [0, 0.1) is 18.3 Å². The van der Waals surface area contributed by atoms with E-state index in [2.05, 4.69) is 18.1 Å². The van der Waals surface area contributed by atoms with Crippen molar-refractivity contribution in [3.05, 3.63) is 12.2 Å². The van der Waals surface area contributed by atoms with Crippen molar-refractivity contribution in [1.82, 2.24) is 4.42 Å². The van der Waals surface area contributed by atoms with E-state index in [9.17, 15) is 0 Å². The van der Waals surface area contributed by atoms with Gasteiger partial charge in [-0.05, 0) is 43.4 Å². The van der Waals surface area contributed by atoms with Gasteiger partial charge in [0, 0.05) is 6.54 Å². The fourth-order valence-corrected chi connectivity index (χ4v) is 1.77. The van der Waals surface area contributed by atoms with Crippen LogP contribution in [0.3, 0.4) is 0 Å². The second-order valence-electron chi connectivity index (χ2n) is 3.46. The van der Waals surface area contributed by atoms with E-state index in [4.69, 9.17) is 18.2 Å². The summed E-state index contributed by atoms with van der Waals surface area (Å²) in [5.41, 5.74) is 0. The number of nitrogens with zero attached hydrogens (tertiary/aromatic N) is 1. The van der Waals surface area contributed by atoms with Crippen molar-refractivity contribution in [2.45, 2.75) is 25.7 Å². The maximum atomic E-state index is 5.87. The molecule has 0 aromatic heterocycles. The molecule has 0 N–H and O–H groups in total. The smallest absolute Gasteiger partial charge is 0.0748 e. The Morgan fingerprint density at radius 2 is 2.46 bits per heavy atom. The number of hydrogen-bond acceptors (Lipinski definition) is 1. The molecule has 1 unspecified atom stereocenters. The largest absolute Gasteiger partial charge is 0.208 e. The number of allylic oxidation sites excluding steroid dienone is 2. The Morgan fingerprint density at radius 3 is 3.08 bits per heavy atom. The predicted octanol–water partition coefficient (Wildman–Crippen LogP) is 2.82. The van der Waals surface area contributed by atoms with Crippen LogP contribution in [0.1, 0.15) is 25.7 Å². The molecule has 2 heteroatoms. The van der Waals surface area contributed by atoms with E-state index in [1.54, 1.807) is 4.42 Å². The zero-order chi connectivity index (χ0) is 9.52. The molecule has 1 nitrogen and oxygen atoms in total. The molecule has 0 radical (unpaired) electrons. The van der Waals surface area contributed by atoms with E-state index >= 15 is 0 Å². The van der Waals surface area contributed by atoms with Gasteiger partial charge in [0.1, 0.15) is 0 Å². The normalized spacial score (nSPS) is 21.8. The Balaban J connectivity index is 2.14. The molecule has 0 bridgehead atoms. The summed E-state index contributed by atoms with van der Waals surface area (Å²) in [6.45, 7) is 1.43. The van der Waals surface area contributed by atoms with Crippen LogP contribution in [0.2, 0.25) is 0 Å². The third-order valence-corrected chi connectivity index (χ3v) is 2.65. The minimum Gasteiger partial charge on any atom is -0.208 e. The van der Waals surface area contributed by atoms with Crippen LogP contribution in [0.15, 0.2) is 12.2 Å². The highest BCUT2D eigenvalue weighted by Crippen LogP contribution is 2.20. The SMILES string of the molecule is C#CCN(Cl)CCC1C=CCCC1. The molecule has 0 aromatic carbocycles. The second kappa shape index (κ2) is 6.07. The van der Waals surface area contributed by atoms with Crippen molar-refractivity contribution < 1.29 is 0 Å². The van der Waals surface area contributed by atoms with Crippen LogP contribution >= 0.6 is 11.8 Å². The topological polar surface area (TPSA) is 3.24 Å². The lowest BCUT2D eigenvalue weighted by Gasteiger charge is -2.18. The average molecular weight is 198 g/mol. The van der Waals surface area contributed by atoms with Gasteiger partial charge in [-0.1, -0.05) is 18.1 Å². The van der Waals surface area contributed by atoms with E-state index < -0.39 is 0 Å². The molecule has 0 heterocycles. The van der Waals surface area contributed by atoms with Crippen molar-refractivity contribution in [3.63, 3.8) is 0 Å². The lowest BCUT2D eigenvalue weighted by molar-refractivity contribution is 0.419. The van der Waals surface area contributed by atoms with Gasteiger partial charge in [-0.25, -0.2) is 4.42 Å². The lowest BCUT2D eigenvalue weighted by Crippen LogP contribution is -2.17. The molecule has 1 aliphatic rings. The molecule has 0 aliphatic heterocycles. The van der Waals surface area contributed by atoms with Gasteiger partial charge in [0.25, 0.3) is 0 Å². The van der Waals surface area contributed by atoms with Crippen LogP contribution in [0.5, 0.6) is 0 Å². The molecule has 72 valence electrons. The van der Waals surface area contributed by atoms with Crippen molar-refractivity contribution in [2.24, 2.45) is 5.92 Å². The predicted molar refractivity (Wildman–Crippen MR) is 57.4 cm³/mol. The first-order valence-electron chi connectivity index (χ1n) is 4.84. The highest BCUT2D eigenvalue weighted by atomic mass is 35.5. The van der Waals surface area contributed by atoms with Crippen molar-refractivity contribution in [3.8, 4) is 12.3 Å². The molecular weight excluding hydrogens is 182 g/mol. The van der Waals surface area contributed by atoms with Gasteiger partial charge in [-0.2, -0.15) is 0 Å². The average Bonchev–Trinajstić information content (AvgIpc) is 2.17. The lowest BCUT2D eigenvalue weighted by atomic mass is 9.93. The molecule has 0 spiro atoms. The minimum absolute atomic E-state index is 0.540. The first-order chi connectivity index (χ1) is 6.33. The molecule has 1 rings (SSSR count). The van der Waals surface area contributed by atoms with E-state index in [0.29, 0.717) is 12.5 Å². The zero-order valence-corrected chi connectivity index (χ0v) is 8.63. The van der Waals surface area contributed by atoms with Crippen LogP contribution in [-0.4, -0.2) is 17.5 Å². The fourth-order valence-electron chi connectivity index (χ4n) is 1.61. The Hall–Kier alpha value is -0.450. The van der Waals surface area contributed by atoms with Gasteiger partial charge in [0.15, 0.2) is 0 Å². The molecule has 0 saturated heterocycles. The number of hydrogen-bond donors (Lipinski definition) is 0. The van der Waals surface area contributed by atoms with E-state index in [-0.39, 0.29) is 0 Å². The Bertz CT molecular complexity index is 205. The van der Waals surface area contributed by atoms with Gasteiger partial charge >= 0.3 is 0 Å². The van der Waals surface area contributed by atoms with E-state index in [1.807, 2.05) is 0 Å². The highest BCUT2D eigenvalue weighted by Gasteiger charge is 2.09. The molecule has 13 heavy (non-hydrogen) atoms. The Morgan fingerprint density at radius 1 is 1.62 bits per heavy atom. The van der Waals surface area contributed by atoms with Gasteiger partial charge in [0.05, 0.1) is 6.54 Å². The summed E-state index contributed by atoms with van der Waals surface area (Å²) in [4.78, 5) is 0. The summed E-state index contributed by atoms with van der Waals surface area (Å²) in [5, 5.41) is 0. The number of halogens is 1. The first-order valence-corrected chi connectivity index (χ1v) is 5.17. The Labute approximate surface area is 85.9 Å². The Kier molecular flexibility index (Phi) is 4.97. The number of terminal acetylenes is 1. The number of rotatable bonds is 4. The van der Waals surface area contributed by atoms with Gasteiger partial charge in [-0.3, -0.25) is 0 Å². The fraction of sp³-hybridized carbons (Fsp3) is 0.636. The van der Waals surface area contributed by atoms with Gasteiger partial charge < -0.3 is 0 Å². The molecular formula is C11H16ClN. The van der Waals surface area contributed by atoms with E-state index in [1.165, 1.54) is 19.3 Å². The van der Waals surface area contributed by atoms with Crippen LogP contribution in [-0.2, 0) is 0 Å². The molecule has 0 saturated carbocycles. The molecule has 0 fully saturated rings. The van der Waals surface area contributed by atoms with Crippen molar-refractivity contribution >= 4 is 11.8 Å². The third kappa shape index (κ3) is 4.36. The van der Waals surface area contributed by atoms with E-state index in [0.717, 1.165) is 13.0 Å². The standard InChI is InChI=1S/C11H16ClN/c1-2-9-13(12)10-8-11-6-4-3-5-7-11/h1,4,6,11H,3,5,7-10H2. The van der Waals surface area contributed by atoms with Gasteiger partial charge in [0.2, 0.25) is 0 Å². The first kappa shape index (κ1) is 10.6. The molecule has 1 aliphatic carbocycles. The van der Waals surface area contributed by atoms with Crippen molar-refractivity contribution in [1.29, 1.82) is 0 Å². The van der Waals surface area contributed by atoms with Crippen molar-refractivity contribution in [2.75, 3.05) is 13.1 Å².